The smallest absolute Gasteiger partial charge is 0.407 e. The minimum atomic E-state index is -0.584. The molecule has 1 amide bonds. The van der Waals surface area contributed by atoms with Crippen molar-refractivity contribution < 1.29 is 19.2 Å². The number of alkyl carbamates (subject to hydrolysis) is 1. The molecule has 2 aromatic rings. The number of carbonyl (C=O) groups excluding carboxylic acids is 2. The highest BCUT2D eigenvalue weighted by Crippen LogP contribution is 2.21. The Morgan fingerprint density at radius 2 is 1.96 bits per heavy atom. The van der Waals surface area contributed by atoms with Crippen molar-refractivity contribution in [3.05, 3.63) is 81.4 Å². The fraction of sp³-hybridized carbons (Fsp3) is 0.111. The summed E-state index contributed by atoms with van der Waals surface area (Å²) >= 11 is 0. The first-order chi connectivity index (χ1) is 12.1. The quantitative estimate of drug-likeness (QED) is 0.473. The van der Waals surface area contributed by atoms with Crippen molar-refractivity contribution in [2.45, 2.75) is 6.61 Å². The molecule has 1 N–H and O–H groups in total. The van der Waals surface area contributed by atoms with Gasteiger partial charge in [-0.1, -0.05) is 48.6 Å². The highest BCUT2D eigenvalue weighted by molar-refractivity contribution is 5.78. The van der Waals surface area contributed by atoms with Gasteiger partial charge in [-0.05, 0) is 11.6 Å². The van der Waals surface area contributed by atoms with Gasteiger partial charge >= 0.3 is 6.09 Å². The van der Waals surface area contributed by atoms with E-state index >= 15 is 0 Å². The van der Waals surface area contributed by atoms with E-state index < -0.39 is 11.0 Å². The fourth-order valence-electron chi connectivity index (χ4n) is 2.04. The van der Waals surface area contributed by atoms with Gasteiger partial charge in [0.15, 0.2) is 0 Å². The van der Waals surface area contributed by atoms with Crippen LogP contribution in [0.15, 0.2) is 54.6 Å². The standard InChI is InChI=1S/C18H16N2O5/c21-12-15-8-9-16(17(11-15)20(23)24)7-4-10-19-18(22)25-13-14-5-2-1-3-6-14/h1-9,11-12H,10,13H2,(H,19,22). The van der Waals surface area contributed by atoms with E-state index in [0.29, 0.717) is 11.8 Å². The van der Waals surface area contributed by atoms with Crippen molar-refractivity contribution in [2.24, 2.45) is 0 Å². The van der Waals surface area contributed by atoms with E-state index in [1.165, 1.54) is 24.3 Å². The summed E-state index contributed by atoms with van der Waals surface area (Å²) in [5, 5.41) is 13.5. The van der Waals surface area contributed by atoms with Crippen LogP contribution in [0.1, 0.15) is 21.5 Å². The summed E-state index contributed by atoms with van der Waals surface area (Å²) in [6.07, 6.45) is 3.03. The van der Waals surface area contributed by atoms with Crippen LogP contribution in [0.2, 0.25) is 0 Å². The number of ether oxygens (including phenoxy) is 1. The number of hydrogen-bond donors (Lipinski definition) is 1. The van der Waals surface area contributed by atoms with E-state index in [1.807, 2.05) is 30.3 Å². The van der Waals surface area contributed by atoms with Gasteiger partial charge in [0.2, 0.25) is 0 Å². The van der Waals surface area contributed by atoms with E-state index in [1.54, 1.807) is 6.08 Å². The Kier molecular flexibility index (Phi) is 6.41. The summed E-state index contributed by atoms with van der Waals surface area (Å²) in [6, 6.07) is 13.4. The third kappa shape index (κ3) is 5.58. The van der Waals surface area contributed by atoms with Crippen LogP contribution in [0.25, 0.3) is 6.08 Å². The van der Waals surface area contributed by atoms with Crippen molar-refractivity contribution in [3.63, 3.8) is 0 Å². The van der Waals surface area contributed by atoms with Crippen molar-refractivity contribution in [2.75, 3.05) is 6.54 Å². The van der Waals surface area contributed by atoms with Gasteiger partial charge in [-0.3, -0.25) is 14.9 Å². The summed E-state index contributed by atoms with van der Waals surface area (Å²) in [6.45, 7) is 0.315. The van der Waals surface area contributed by atoms with Gasteiger partial charge in [-0.2, -0.15) is 0 Å². The lowest BCUT2D eigenvalue weighted by Gasteiger charge is -2.05. The molecule has 0 aliphatic carbocycles. The van der Waals surface area contributed by atoms with Crippen molar-refractivity contribution >= 4 is 24.1 Å². The number of carbonyl (C=O) groups is 2. The highest BCUT2D eigenvalue weighted by Gasteiger charge is 2.12. The number of nitrogens with one attached hydrogen (secondary N) is 1. The number of nitro benzene ring substituents is 1. The van der Waals surface area contributed by atoms with E-state index in [2.05, 4.69) is 5.32 Å². The molecule has 7 heteroatoms. The molecule has 0 saturated carbocycles. The summed E-state index contributed by atoms with van der Waals surface area (Å²) in [7, 11) is 0. The molecule has 0 aliphatic heterocycles. The first-order valence-corrected chi connectivity index (χ1v) is 7.45. The molecule has 0 fully saturated rings. The highest BCUT2D eigenvalue weighted by atomic mass is 16.6. The Balaban J connectivity index is 1.85. The predicted octanol–water partition coefficient (Wildman–Crippen LogP) is 3.35. The van der Waals surface area contributed by atoms with Crippen LogP contribution in [0.5, 0.6) is 0 Å². The summed E-state index contributed by atoms with van der Waals surface area (Å²) in [4.78, 5) is 32.7. The minimum Gasteiger partial charge on any atom is -0.445 e. The van der Waals surface area contributed by atoms with Gasteiger partial charge < -0.3 is 10.1 Å². The molecule has 128 valence electrons. The number of nitro groups is 1. The second kappa shape index (κ2) is 8.97. The Morgan fingerprint density at radius 3 is 2.64 bits per heavy atom. The molecule has 2 aromatic carbocycles. The predicted molar refractivity (Wildman–Crippen MR) is 92.1 cm³/mol. The second-order valence-corrected chi connectivity index (χ2v) is 5.04. The van der Waals surface area contributed by atoms with Gasteiger partial charge in [0.05, 0.1) is 10.5 Å². The zero-order valence-electron chi connectivity index (χ0n) is 13.3. The molecular weight excluding hydrogens is 324 g/mol. The number of hydrogen-bond acceptors (Lipinski definition) is 5. The lowest BCUT2D eigenvalue weighted by Crippen LogP contribution is -2.24. The van der Waals surface area contributed by atoms with Gasteiger partial charge in [0, 0.05) is 18.2 Å². The molecule has 0 aliphatic rings. The maximum atomic E-state index is 11.6. The summed E-state index contributed by atoms with van der Waals surface area (Å²) in [5.41, 5.74) is 1.27. The van der Waals surface area contributed by atoms with Crippen LogP contribution in [0.4, 0.5) is 10.5 Å². The van der Waals surface area contributed by atoms with E-state index in [-0.39, 0.29) is 24.4 Å². The molecule has 0 bridgehead atoms. The molecule has 0 radical (unpaired) electrons. The third-order valence-corrected chi connectivity index (χ3v) is 3.26. The van der Waals surface area contributed by atoms with Gasteiger partial charge in [-0.25, -0.2) is 4.79 Å². The van der Waals surface area contributed by atoms with Crippen LogP contribution in [0.3, 0.4) is 0 Å². The molecular formula is C18H16N2O5. The fourth-order valence-corrected chi connectivity index (χ4v) is 2.04. The molecule has 7 nitrogen and oxygen atoms in total. The number of rotatable bonds is 7. The van der Waals surface area contributed by atoms with Crippen LogP contribution < -0.4 is 5.32 Å². The lowest BCUT2D eigenvalue weighted by molar-refractivity contribution is -0.385. The first-order valence-electron chi connectivity index (χ1n) is 7.45. The van der Waals surface area contributed by atoms with Crippen molar-refractivity contribution in [3.8, 4) is 0 Å². The molecule has 0 unspecified atom stereocenters. The molecule has 0 saturated heterocycles. The monoisotopic (exact) mass is 340 g/mol. The number of benzene rings is 2. The second-order valence-electron chi connectivity index (χ2n) is 5.04. The maximum Gasteiger partial charge on any atom is 0.407 e. The Labute approximate surface area is 144 Å². The molecule has 0 aromatic heterocycles. The van der Waals surface area contributed by atoms with E-state index in [9.17, 15) is 19.7 Å². The van der Waals surface area contributed by atoms with E-state index in [4.69, 9.17) is 4.74 Å². The van der Waals surface area contributed by atoms with Crippen LogP contribution in [-0.2, 0) is 11.3 Å². The molecule has 0 heterocycles. The molecule has 25 heavy (non-hydrogen) atoms. The normalized spacial score (nSPS) is 10.4. The van der Waals surface area contributed by atoms with Crippen molar-refractivity contribution in [1.29, 1.82) is 0 Å². The van der Waals surface area contributed by atoms with Gasteiger partial charge in [0.1, 0.15) is 12.9 Å². The maximum absolute atomic E-state index is 11.6. The largest absolute Gasteiger partial charge is 0.445 e. The van der Waals surface area contributed by atoms with Crippen LogP contribution >= 0.6 is 0 Å². The average Bonchev–Trinajstić information content (AvgIpc) is 2.64. The van der Waals surface area contributed by atoms with Gasteiger partial charge in [-0.15, -0.1) is 0 Å². The number of aldehydes is 1. The van der Waals surface area contributed by atoms with Crippen molar-refractivity contribution in [1.82, 2.24) is 5.32 Å². The SMILES string of the molecule is O=Cc1ccc(C=CCNC(=O)OCc2ccccc2)c([N+](=O)[O-])c1. The Morgan fingerprint density at radius 1 is 1.20 bits per heavy atom. The summed E-state index contributed by atoms with van der Waals surface area (Å²) in [5.74, 6) is 0. The average molecular weight is 340 g/mol. The molecule has 0 spiro atoms. The first kappa shape index (κ1) is 17.9. The topological polar surface area (TPSA) is 98.5 Å². The Bertz CT molecular complexity index is 787. The van der Waals surface area contributed by atoms with Crippen LogP contribution in [-0.4, -0.2) is 23.8 Å². The lowest BCUT2D eigenvalue weighted by atomic mass is 10.1. The Hall–Kier alpha value is -3.48. The van der Waals surface area contributed by atoms with E-state index in [0.717, 1.165) is 5.56 Å². The van der Waals surface area contributed by atoms with Crippen LogP contribution in [0, 0.1) is 10.1 Å². The number of amides is 1. The zero-order valence-corrected chi connectivity index (χ0v) is 13.3. The minimum absolute atomic E-state index is 0.153. The molecule has 0 atom stereocenters. The third-order valence-electron chi connectivity index (χ3n) is 3.26. The molecule has 2 rings (SSSR count). The summed E-state index contributed by atoms with van der Waals surface area (Å²) < 4.78 is 5.04. The van der Waals surface area contributed by atoms with Gasteiger partial charge in [0.25, 0.3) is 5.69 Å². The number of nitrogens with zero attached hydrogens (tertiary/aromatic N) is 1. The zero-order chi connectivity index (χ0) is 18.1.